The second kappa shape index (κ2) is 8.44. The minimum atomic E-state index is -0.346. The van der Waals surface area contributed by atoms with Crippen molar-refractivity contribution >= 4 is 16.9 Å². The number of nitrogens with zero attached hydrogens (tertiary/aromatic N) is 3. The Bertz CT molecular complexity index is 1210. The molecule has 2 aromatic heterocycles. The molecule has 0 fully saturated rings. The van der Waals surface area contributed by atoms with Crippen molar-refractivity contribution in [1.29, 1.82) is 0 Å². The van der Waals surface area contributed by atoms with Crippen LogP contribution < -0.4 is 11.1 Å². The van der Waals surface area contributed by atoms with Gasteiger partial charge in [0.15, 0.2) is 0 Å². The first-order chi connectivity index (χ1) is 14.8. The van der Waals surface area contributed by atoms with Gasteiger partial charge in [0.25, 0.3) is 0 Å². The average Bonchev–Trinajstić information content (AvgIpc) is 2.73. The first-order valence-electron chi connectivity index (χ1n) is 10.6. The lowest BCUT2D eigenvalue weighted by atomic mass is 9.93. The van der Waals surface area contributed by atoms with Crippen LogP contribution in [0.25, 0.3) is 22.0 Å². The van der Waals surface area contributed by atoms with Gasteiger partial charge in [-0.05, 0) is 74.6 Å². The molecule has 0 spiro atoms. The van der Waals surface area contributed by atoms with Crippen LogP contribution in [0.3, 0.4) is 0 Å². The average molecular weight is 412 g/mol. The summed E-state index contributed by atoms with van der Waals surface area (Å²) in [5.41, 5.74) is 12.7. The second-order valence-corrected chi connectivity index (χ2v) is 8.83. The van der Waals surface area contributed by atoms with Crippen molar-refractivity contribution in [1.82, 2.24) is 15.0 Å². The van der Waals surface area contributed by atoms with Crippen molar-refractivity contribution in [3.63, 3.8) is 0 Å². The van der Waals surface area contributed by atoms with E-state index in [9.17, 15) is 0 Å². The van der Waals surface area contributed by atoms with Gasteiger partial charge in [0.1, 0.15) is 0 Å². The Morgan fingerprint density at radius 3 is 2.68 bits per heavy atom. The second-order valence-electron chi connectivity index (χ2n) is 8.83. The van der Waals surface area contributed by atoms with Gasteiger partial charge < -0.3 is 11.1 Å². The Morgan fingerprint density at radius 1 is 1.06 bits per heavy atom. The largest absolute Gasteiger partial charge is 0.351 e. The van der Waals surface area contributed by atoms with Crippen molar-refractivity contribution in [2.75, 3.05) is 5.32 Å². The third-order valence-electron chi connectivity index (χ3n) is 5.52. The van der Waals surface area contributed by atoms with E-state index >= 15 is 0 Å². The highest BCUT2D eigenvalue weighted by Gasteiger charge is 2.15. The Hall–Kier alpha value is -3.31. The highest BCUT2D eigenvalue weighted by Crippen LogP contribution is 2.26. The summed E-state index contributed by atoms with van der Waals surface area (Å²) in [6, 6.07) is 16.9. The SMILES string of the molecule is Cc1ccncc1-c1ccc2nc(N[C@@H](C)Cc3cccc(C(C)(C)N)c3)ncc2c1. The van der Waals surface area contributed by atoms with Crippen molar-refractivity contribution in [2.24, 2.45) is 5.73 Å². The van der Waals surface area contributed by atoms with Gasteiger partial charge in [-0.3, -0.25) is 4.98 Å². The van der Waals surface area contributed by atoms with Gasteiger partial charge in [0, 0.05) is 41.1 Å². The van der Waals surface area contributed by atoms with E-state index in [1.165, 1.54) is 11.1 Å². The van der Waals surface area contributed by atoms with Crippen LogP contribution in [0.15, 0.2) is 67.1 Å². The van der Waals surface area contributed by atoms with Crippen LogP contribution in [0.2, 0.25) is 0 Å². The molecule has 158 valence electrons. The molecule has 5 heteroatoms. The zero-order valence-electron chi connectivity index (χ0n) is 18.6. The summed E-state index contributed by atoms with van der Waals surface area (Å²) in [6.45, 7) is 8.29. The van der Waals surface area contributed by atoms with Gasteiger partial charge in [-0.15, -0.1) is 0 Å². The molecular weight excluding hydrogens is 382 g/mol. The maximum Gasteiger partial charge on any atom is 0.223 e. The normalized spacial score (nSPS) is 12.7. The third kappa shape index (κ3) is 4.89. The Kier molecular flexibility index (Phi) is 5.70. The van der Waals surface area contributed by atoms with Crippen LogP contribution in [0.5, 0.6) is 0 Å². The summed E-state index contributed by atoms with van der Waals surface area (Å²) in [5, 5.41) is 4.44. The lowest BCUT2D eigenvalue weighted by molar-refractivity contribution is 0.553. The molecule has 0 bridgehead atoms. The lowest BCUT2D eigenvalue weighted by Gasteiger charge is -2.21. The van der Waals surface area contributed by atoms with E-state index in [4.69, 9.17) is 10.7 Å². The number of pyridine rings is 1. The number of anilines is 1. The van der Waals surface area contributed by atoms with E-state index in [-0.39, 0.29) is 11.6 Å². The zero-order valence-corrected chi connectivity index (χ0v) is 18.6. The van der Waals surface area contributed by atoms with Gasteiger partial charge >= 0.3 is 0 Å². The number of nitrogens with one attached hydrogen (secondary N) is 1. The minimum Gasteiger partial charge on any atom is -0.351 e. The summed E-state index contributed by atoms with van der Waals surface area (Å²) < 4.78 is 0. The first kappa shape index (κ1) is 20.9. The van der Waals surface area contributed by atoms with Crippen molar-refractivity contribution in [3.05, 3.63) is 83.8 Å². The fourth-order valence-electron chi connectivity index (χ4n) is 3.76. The number of hydrogen-bond donors (Lipinski definition) is 2. The number of aromatic nitrogens is 3. The minimum absolute atomic E-state index is 0.186. The number of hydrogen-bond acceptors (Lipinski definition) is 5. The predicted octanol–water partition coefficient (Wildman–Crippen LogP) is 5.24. The standard InChI is InChI=1S/C26H29N5/c1-17-10-11-28-16-23(17)20-8-9-24-21(14-20)15-29-25(31-24)30-18(2)12-19-6-5-7-22(13-19)26(3,4)27/h5-11,13-16,18H,12,27H2,1-4H3,(H,29,30,31)/t18-/m0/s1. The number of benzene rings is 2. The van der Waals surface area contributed by atoms with Crippen LogP contribution in [-0.4, -0.2) is 21.0 Å². The molecule has 31 heavy (non-hydrogen) atoms. The monoisotopic (exact) mass is 411 g/mol. The van der Waals surface area contributed by atoms with E-state index in [0.717, 1.165) is 34.0 Å². The molecule has 0 radical (unpaired) electrons. The fourth-order valence-corrected chi connectivity index (χ4v) is 3.76. The number of rotatable bonds is 6. The summed E-state index contributed by atoms with van der Waals surface area (Å²) in [6.07, 6.45) is 6.46. The Labute approximate surface area is 183 Å². The molecule has 0 unspecified atom stereocenters. The molecule has 3 N–H and O–H groups in total. The molecule has 5 nitrogen and oxygen atoms in total. The van der Waals surface area contributed by atoms with E-state index in [2.05, 4.69) is 65.5 Å². The molecule has 4 aromatic rings. The number of fused-ring (bicyclic) bond motifs is 1. The zero-order chi connectivity index (χ0) is 22.0. The molecular formula is C26H29N5. The van der Waals surface area contributed by atoms with Gasteiger partial charge in [0.05, 0.1) is 5.52 Å². The van der Waals surface area contributed by atoms with E-state index in [0.29, 0.717) is 5.95 Å². The quantitative estimate of drug-likeness (QED) is 0.454. The van der Waals surface area contributed by atoms with Crippen LogP contribution in [0, 0.1) is 6.92 Å². The van der Waals surface area contributed by atoms with Crippen molar-refractivity contribution in [3.8, 4) is 11.1 Å². The highest BCUT2D eigenvalue weighted by atomic mass is 15.1. The topological polar surface area (TPSA) is 76.7 Å². The van der Waals surface area contributed by atoms with Gasteiger partial charge in [-0.25, -0.2) is 9.97 Å². The van der Waals surface area contributed by atoms with Crippen LogP contribution in [-0.2, 0) is 12.0 Å². The van der Waals surface area contributed by atoms with Crippen LogP contribution in [0.1, 0.15) is 37.5 Å². The Morgan fingerprint density at radius 2 is 1.90 bits per heavy atom. The van der Waals surface area contributed by atoms with E-state index in [1.54, 1.807) is 0 Å². The molecule has 0 aliphatic carbocycles. The molecule has 1 atom stereocenters. The maximum atomic E-state index is 6.25. The predicted molar refractivity (Wildman–Crippen MR) is 128 cm³/mol. The molecule has 0 saturated heterocycles. The summed E-state index contributed by atoms with van der Waals surface area (Å²) >= 11 is 0. The van der Waals surface area contributed by atoms with E-state index < -0.39 is 0 Å². The summed E-state index contributed by atoms with van der Waals surface area (Å²) in [7, 11) is 0. The lowest BCUT2D eigenvalue weighted by Crippen LogP contribution is -2.29. The molecule has 0 aliphatic heterocycles. The molecule has 0 amide bonds. The molecule has 2 aromatic carbocycles. The fraction of sp³-hybridized carbons (Fsp3) is 0.269. The first-order valence-corrected chi connectivity index (χ1v) is 10.6. The Balaban J connectivity index is 1.50. The summed E-state index contributed by atoms with van der Waals surface area (Å²) in [4.78, 5) is 13.5. The van der Waals surface area contributed by atoms with Crippen LogP contribution in [0.4, 0.5) is 5.95 Å². The molecule has 0 aliphatic rings. The maximum absolute atomic E-state index is 6.25. The third-order valence-corrected chi connectivity index (χ3v) is 5.52. The van der Waals surface area contributed by atoms with Crippen molar-refractivity contribution < 1.29 is 0 Å². The van der Waals surface area contributed by atoms with Gasteiger partial charge in [-0.2, -0.15) is 0 Å². The van der Waals surface area contributed by atoms with E-state index in [1.807, 2.05) is 44.6 Å². The molecule has 2 heterocycles. The summed E-state index contributed by atoms with van der Waals surface area (Å²) in [5.74, 6) is 0.639. The van der Waals surface area contributed by atoms with Gasteiger partial charge in [-0.1, -0.05) is 30.3 Å². The van der Waals surface area contributed by atoms with Crippen molar-refractivity contribution in [2.45, 2.75) is 45.7 Å². The highest BCUT2D eigenvalue weighted by molar-refractivity contribution is 5.85. The molecule has 0 saturated carbocycles. The van der Waals surface area contributed by atoms with Crippen LogP contribution >= 0.6 is 0 Å². The molecule has 4 rings (SSSR count). The smallest absolute Gasteiger partial charge is 0.223 e. The number of aryl methyl sites for hydroxylation is 1. The number of nitrogens with two attached hydrogens (primary N) is 1. The van der Waals surface area contributed by atoms with Gasteiger partial charge in [0.2, 0.25) is 5.95 Å².